The number of nitrogens with one attached hydrogen (secondary N) is 1. The fraction of sp³-hybridized carbons (Fsp3) is 0.391. The summed E-state index contributed by atoms with van der Waals surface area (Å²) in [4.78, 5) is 22.5. The van der Waals surface area contributed by atoms with Crippen molar-refractivity contribution >= 4 is 17.6 Å². The molecule has 0 spiro atoms. The van der Waals surface area contributed by atoms with Crippen molar-refractivity contribution in [2.45, 2.75) is 13.3 Å². The van der Waals surface area contributed by atoms with Crippen molar-refractivity contribution in [2.75, 3.05) is 51.6 Å². The summed E-state index contributed by atoms with van der Waals surface area (Å²) in [5, 5.41) is 2.65. The van der Waals surface area contributed by atoms with Crippen LogP contribution in [-0.2, 0) is 23.8 Å². The van der Waals surface area contributed by atoms with Crippen LogP contribution < -0.4 is 14.8 Å². The van der Waals surface area contributed by atoms with E-state index in [0.717, 1.165) is 0 Å². The number of hydrogen-bond donors (Lipinski definition) is 1. The smallest absolute Gasteiger partial charge is 0.313 e. The Kier molecular flexibility index (Phi) is 12.0. The van der Waals surface area contributed by atoms with E-state index in [0.29, 0.717) is 31.3 Å². The Balaban J connectivity index is 1.48. The molecular weight excluding hydrogens is 497 g/mol. The van der Waals surface area contributed by atoms with Crippen LogP contribution in [0.3, 0.4) is 0 Å². The first-order valence-corrected chi connectivity index (χ1v) is 10.7. The first kappa shape index (κ1) is 28.9. The second kappa shape index (κ2) is 15.0. The number of halogens is 5. The van der Waals surface area contributed by atoms with E-state index in [2.05, 4.69) is 10.1 Å². The van der Waals surface area contributed by atoms with Crippen molar-refractivity contribution in [1.29, 1.82) is 0 Å². The molecule has 0 aliphatic heterocycles. The molecule has 0 radical (unpaired) electrons. The van der Waals surface area contributed by atoms with E-state index in [9.17, 15) is 31.5 Å². The lowest BCUT2D eigenvalue weighted by Crippen LogP contribution is -2.16. The second-order valence-electron chi connectivity index (χ2n) is 7.01. The number of benzene rings is 2. The predicted molar refractivity (Wildman–Crippen MR) is 115 cm³/mol. The molecule has 0 fully saturated rings. The van der Waals surface area contributed by atoms with Gasteiger partial charge < -0.3 is 29.0 Å². The maximum absolute atomic E-state index is 13.5. The summed E-state index contributed by atoms with van der Waals surface area (Å²) in [5.74, 6) is -13.7. The van der Waals surface area contributed by atoms with Crippen LogP contribution in [0.1, 0.15) is 13.3 Å². The van der Waals surface area contributed by atoms with Gasteiger partial charge in [0.25, 0.3) is 0 Å². The van der Waals surface area contributed by atoms with E-state index in [4.69, 9.17) is 18.9 Å². The third kappa shape index (κ3) is 9.40. The highest BCUT2D eigenvalue weighted by Crippen LogP contribution is 2.29. The number of esters is 1. The van der Waals surface area contributed by atoms with Gasteiger partial charge in [0, 0.05) is 12.6 Å². The Morgan fingerprint density at radius 2 is 1.17 bits per heavy atom. The molecule has 2 rings (SSSR count). The molecule has 0 aliphatic rings. The molecule has 8 nitrogen and oxygen atoms in total. The number of rotatable bonds is 15. The quantitative estimate of drug-likeness (QED) is 0.0953. The largest absolute Gasteiger partial charge is 0.491 e. The van der Waals surface area contributed by atoms with Crippen LogP contribution in [0.25, 0.3) is 0 Å². The summed E-state index contributed by atoms with van der Waals surface area (Å²) in [6.45, 7) is 2.61. The number of ether oxygens (including phenoxy) is 5. The maximum Gasteiger partial charge on any atom is 0.313 e. The topological polar surface area (TPSA) is 92.3 Å². The molecule has 198 valence electrons. The molecule has 0 saturated heterocycles. The predicted octanol–water partition coefficient (Wildman–Crippen LogP) is 3.76. The van der Waals surface area contributed by atoms with Crippen LogP contribution in [-0.4, -0.2) is 58.1 Å². The summed E-state index contributed by atoms with van der Waals surface area (Å²) in [5.41, 5.74) is 0.663. The zero-order valence-corrected chi connectivity index (χ0v) is 19.2. The highest BCUT2D eigenvalue weighted by atomic mass is 19.2. The molecule has 0 heterocycles. The summed E-state index contributed by atoms with van der Waals surface area (Å²) >= 11 is 0. The van der Waals surface area contributed by atoms with Gasteiger partial charge in [0.15, 0.2) is 0 Å². The Hall–Kier alpha value is -3.29. The number of anilines is 1. The number of hydrogen-bond acceptors (Lipinski definition) is 7. The summed E-state index contributed by atoms with van der Waals surface area (Å²) in [7, 11) is 0. The first-order chi connectivity index (χ1) is 17.2. The fourth-order valence-electron chi connectivity index (χ4n) is 2.59. The molecule has 0 saturated carbocycles. The van der Waals surface area contributed by atoms with Crippen molar-refractivity contribution in [3.05, 3.63) is 53.4 Å². The average Bonchev–Trinajstić information content (AvgIpc) is 2.85. The Morgan fingerprint density at radius 1 is 0.694 bits per heavy atom. The van der Waals surface area contributed by atoms with Gasteiger partial charge >= 0.3 is 5.97 Å². The fourth-order valence-corrected chi connectivity index (χ4v) is 2.59. The molecule has 0 bridgehead atoms. The third-order valence-corrected chi connectivity index (χ3v) is 4.25. The summed E-state index contributed by atoms with van der Waals surface area (Å²) < 4.78 is 91.5. The summed E-state index contributed by atoms with van der Waals surface area (Å²) in [6.07, 6.45) is -0.488. The Morgan fingerprint density at radius 3 is 1.69 bits per heavy atom. The number of amides is 1. The second-order valence-corrected chi connectivity index (χ2v) is 7.01. The van der Waals surface area contributed by atoms with Crippen LogP contribution >= 0.6 is 0 Å². The molecule has 0 aromatic heterocycles. The molecule has 0 aliphatic carbocycles. The molecule has 0 atom stereocenters. The first-order valence-electron chi connectivity index (χ1n) is 10.7. The molecule has 0 unspecified atom stereocenters. The van der Waals surface area contributed by atoms with Gasteiger partial charge in [-0.25, -0.2) is 13.2 Å². The summed E-state index contributed by atoms with van der Waals surface area (Å²) in [6, 6.07) is 6.86. The van der Waals surface area contributed by atoms with Crippen LogP contribution in [0.15, 0.2) is 24.3 Å². The zero-order valence-electron chi connectivity index (χ0n) is 19.2. The lowest BCUT2D eigenvalue weighted by atomic mass is 10.2. The zero-order chi connectivity index (χ0) is 26.5. The molecule has 13 heteroatoms. The maximum atomic E-state index is 13.5. The van der Waals surface area contributed by atoms with Gasteiger partial charge in [0.2, 0.25) is 40.7 Å². The lowest BCUT2D eigenvalue weighted by molar-refractivity contribution is -0.136. The van der Waals surface area contributed by atoms with E-state index in [1.807, 2.05) is 0 Å². The standard InChI is InChI=1S/C23H24F5NO7/c1-14(30)29-15-2-4-16(5-3-15)35-13-12-34-11-10-33-9-8-32-7-6-17(31)36-23-21(27)19(25)18(24)20(26)22(23)28/h2-5H,6-13H2,1H3,(H,29,30). The molecule has 2 aromatic rings. The van der Waals surface area contributed by atoms with E-state index in [1.165, 1.54) is 6.92 Å². The van der Waals surface area contributed by atoms with Gasteiger partial charge in [-0.3, -0.25) is 9.59 Å². The van der Waals surface area contributed by atoms with Crippen molar-refractivity contribution in [2.24, 2.45) is 0 Å². The van der Waals surface area contributed by atoms with Crippen LogP contribution in [0, 0.1) is 29.1 Å². The van der Waals surface area contributed by atoms with Gasteiger partial charge in [-0.1, -0.05) is 0 Å². The minimum atomic E-state index is -2.35. The minimum absolute atomic E-state index is 0.0768. The van der Waals surface area contributed by atoms with Gasteiger partial charge in [-0.05, 0) is 24.3 Å². The number of carbonyl (C=O) groups excluding carboxylic acids is 2. The van der Waals surface area contributed by atoms with Crippen molar-refractivity contribution in [1.82, 2.24) is 0 Å². The Bertz CT molecular complexity index is 992. The van der Waals surface area contributed by atoms with Gasteiger partial charge in [-0.2, -0.15) is 8.78 Å². The van der Waals surface area contributed by atoms with Crippen molar-refractivity contribution < 1.29 is 55.2 Å². The molecule has 36 heavy (non-hydrogen) atoms. The van der Waals surface area contributed by atoms with E-state index in [-0.39, 0.29) is 32.3 Å². The van der Waals surface area contributed by atoms with Crippen LogP contribution in [0.2, 0.25) is 0 Å². The third-order valence-electron chi connectivity index (χ3n) is 4.25. The molecule has 1 amide bonds. The normalized spacial score (nSPS) is 10.8. The molecule has 1 N–H and O–H groups in total. The van der Waals surface area contributed by atoms with Crippen LogP contribution in [0.5, 0.6) is 11.5 Å². The van der Waals surface area contributed by atoms with Gasteiger partial charge in [0.05, 0.1) is 46.1 Å². The van der Waals surface area contributed by atoms with Crippen LogP contribution in [0.4, 0.5) is 27.6 Å². The van der Waals surface area contributed by atoms with E-state index >= 15 is 0 Å². The lowest BCUT2D eigenvalue weighted by Gasteiger charge is -2.10. The molecular formula is C23H24F5NO7. The highest BCUT2D eigenvalue weighted by Gasteiger charge is 2.28. The van der Waals surface area contributed by atoms with Gasteiger partial charge in [0.1, 0.15) is 12.4 Å². The SMILES string of the molecule is CC(=O)Nc1ccc(OCCOCCOCCOCCC(=O)Oc2c(F)c(F)c(F)c(F)c2F)cc1. The van der Waals surface area contributed by atoms with Crippen molar-refractivity contribution in [3.63, 3.8) is 0 Å². The van der Waals surface area contributed by atoms with E-state index < -0.39 is 47.2 Å². The highest BCUT2D eigenvalue weighted by molar-refractivity contribution is 5.88. The van der Waals surface area contributed by atoms with Gasteiger partial charge in [-0.15, -0.1) is 0 Å². The monoisotopic (exact) mass is 521 g/mol. The van der Waals surface area contributed by atoms with Crippen molar-refractivity contribution in [3.8, 4) is 11.5 Å². The number of carbonyl (C=O) groups is 2. The minimum Gasteiger partial charge on any atom is -0.491 e. The van der Waals surface area contributed by atoms with E-state index in [1.54, 1.807) is 24.3 Å². The Labute approximate surface area is 203 Å². The molecule has 2 aromatic carbocycles. The average molecular weight is 521 g/mol.